The smallest absolute Gasteiger partial charge is 0.410 e. The van der Waals surface area contributed by atoms with Crippen LogP contribution in [0.2, 0.25) is 0 Å². The van der Waals surface area contributed by atoms with Gasteiger partial charge in [0.25, 0.3) is 5.69 Å². The zero-order chi connectivity index (χ0) is 22.5. The number of nitro groups is 1. The minimum Gasteiger partial charge on any atom is -0.444 e. The zero-order valence-corrected chi connectivity index (χ0v) is 17.2. The van der Waals surface area contributed by atoms with Crippen molar-refractivity contribution in [3.05, 3.63) is 69.8 Å². The maximum atomic E-state index is 12.1. The predicted molar refractivity (Wildman–Crippen MR) is 108 cm³/mol. The first-order chi connectivity index (χ1) is 14.0. The normalized spacial score (nSPS) is 12.0. The Balaban J connectivity index is 1.96. The molecule has 0 aliphatic heterocycles. The summed E-state index contributed by atoms with van der Waals surface area (Å²) >= 11 is 0. The predicted octanol–water partition coefficient (Wildman–Crippen LogP) is 3.71. The molecule has 0 aliphatic carbocycles. The molecule has 0 spiro atoms. The Bertz CT molecular complexity index is 902. The highest BCUT2D eigenvalue weighted by atomic mass is 16.6. The Labute approximate surface area is 174 Å². The Hall–Kier alpha value is -3.46. The second-order valence-electron chi connectivity index (χ2n) is 7.64. The lowest BCUT2D eigenvalue weighted by Crippen LogP contribution is -2.36. The van der Waals surface area contributed by atoms with Gasteiger partial charge in [-0.15, -0.1) is 0 Å². The molecule has 0 bridgehead atoms. The van der Waals surface area contributed by atoms with Crippen molar-refractivity contribution in [2.45, 2.75) is 32.5 Å². The summed E-state index contributed by atoms with van der Waals surface area (Å²) in [4.78, 5) is 35.5. The monoisotopic (exact) mass is 416 g/mol. The third kappa shape index (κ3) is 6.56. The summed E-state index contributed by atoms with van der Waals surface area (Å²) in [6.45, 7) is 5.29. The minimum atomic E-state index is -0.957. The topological polar surface area (TPSA) is 119 Å². The molecule has 1 unspecified atom stereocenters. The maximum Gasteiger partial charge on any atom is 0.410 e. The average molecular weight is 416 g/mol. The fourth-order valence-electron chi connectivity index (χ4n) is 2.42. The van der Waals surface area contributed by atoms with E-state index < -0.39 is 28.7 Å². The number of carbonyl (C=O) groups excluding carboxylic acids is 2. The quantitative estimate of drug-likeness (QED) is 0.330. The summed E-state index contributed by atoms with van der Waals surface area (Å²) in [7, 11) is 1.53. The largest absolute Gasteiger partial charge is 0.444 e. The molecule has 2 aromatic carbocycles. The van der Waals surface area contributed by atoms with Crippen LogP contribution in [0.3, 0.4) is 0 Å². The lowest BCUT2D eigenvalue weighted by molar-refractivity contribution is -0.384. The van der Waals surface area contributed by atoms with Crippen molar-refractivity contribution in [2.24, 2.45) is 0 Å². The molecule has 0 radical (unpaired) electrons. The van der Waals surface area contributed by atoms with Crippen LogP contribution in [0.15, 0.2) is 48.5 Å². The summed E-state index contributed by atoms with van der Waals surface area (Å²) in [6.07, 6.45) is -1.50. The number of nitro benzene ring substituents is 1. The number of non-ortho nitro benzene ring substituents is 1. The highest BCUT2D eigenvalue weighted by molar-refractivity contribution is 5.91. The van der Waals surface area contributed by atoms with E-state index in [1.807, 2.05) is 0 Å². The Morgan fingerprint density at radius 2 is 1.67 bits per heavy atom. The van der Waals surface area contributed by atoms with Gasteiger partial charge in [0.05, 0.1) is 23.1 Å². The maximum absolute atomic E-state index is 12.1. The van der Waals surface area contributed by atoms with Crippen molar-refractivity contribution < 1.29 is 29.1 Å². The molecule has 160 valence electrons. The zero-order valence-electron chi connectivity index (χ0n) is 17.2. The average Bonchev–Trinajstić information content (AvgIpc) is 2.67. The molecule has 1 N–H and O–H groups in total. The van der Waals surface area contributed by atoms with Crippen LogP contribution in [0.25, 0.3) is 0 Å². The molecule has 2 rings (SSSR count). The second kappa shape index (κ2) is 9.36. The van der Waals surface area contributed by atoms with Gasteiger partial charge in [-0.3, -0.25) is 10.1 Å². The van der Waals surface area contributed by atoms with Crippen LogP contribution in [0.5, 0.6) is 5.75 Å². The van der Waals surface area contributed by atoms with Crippen molar-refractivity contribution in [1.29, 1.82) is 0 Å². The second-order valence-corrected chi connectivity index (χ2v) is 7.64. The number of hydrogen-bond donors (Lipinski definition) is 1. The van der Waals surface area contributed by atoms with Crippen LogP contribution in [0.1, 0.15) is 42.8 Å². The highest BCUT2D eigenvalue weighted by Gasteiger charge is 2.22. The van der Waals surface area contributed by atoms with Crippen LogP contribution in [-0.4, -0.2) is 46.2 Å². The molecular formula is C21H24N2O7. The lowest BCUT2D eigenvalue weighted by Gasteiger charge is -2.26. The van der Waals surface area contributed by atoms with E-state index in [-0.39, 0.29) is 23.5 Å². The van der Waals surface area contributed by atoms with Gasteiger partial charge >= 0.3 is 12.1 Å². The van der Waals surface area contributed by atoms with Crippen molar-refractivity contribution in [3.63, 3.8) is 0 Å². The Kier molecular flexibility index (Phi) is 7.12. The third-order valence-electron chi connectivity index (χ3n) is 3.94. The molecule has 0 saturated heterocycles. The number of nitrogens with zero attached hydrogens (tertiary/aromatic N) is 2. The third-order valence-corrected chi connectivity index (χ3v) is 3.94. The van der Waals surface area contributed by atoms with Gasteiger partial charge in [0.15, 0.2) is 0 Å². The first-order valence-electron chi connectivity index (χ1n) is 9.15. The number of carbonyl (C=O) groups is 2. The lowest BCUT2D eigenvalue weighted by atomic mass is 10.1. The minimum absolute atomic E-state index is 0.0246. The van der Waals surface area contributed by atoms with Crippen LogP contribution in [0, 0.1) is 10.1 Å². The standard InChI is InChI=1S/C21H24N2O7/c1-21(2,3)30-20(26)22(4)13-18(24)14-7-11-17(12-8-14)29-19(25)15-5-9-16(10-6-15)23(27)28/h5-12,18,24H,13H2,1-4H3. The molecule has 30 heavy (non-hydrogen) atoms. The van der Waals surface area contributed by atoms with Gasteiger partial charge in [-0.25, -0.2) is 9.59 Å². The number of likely N-dealkylation sites (N-methyl/N-ethyl adjacent to an activating group) is 1. The molecule has 0 aromatic heterocycles. The number of rotatable bonds is 6. The SMILES string of the molecule is CN(CC(O)c1ccc(OC(=O)c2ccc([N+](=O)[O-])cc2)cc1)C(=O)OC(C)(C)C. The highest BCUT2D eigenvalue weighted by Crippen LogP contribution is 2.21. The van der Waals surface area contributed by atoms with Gasteiger partial charge in [0.2, 0.25) is 0 Å². The fourth-order valence-corrected chi connectivity index (χ4v) is 2.42. The van der Waals surface area contributed by atoms with Crippen molar-refractivity contribution in [3.8, 4) is 5.75 Å². The number of benzene rings is 2. The van der Waals surface area contributed by atoms with Crippen LogP contribution in [-0.2, 0) is 4.74 Å². The Morgan fingerprint density at radius 3 is 2.17 bits per heavy atom. The van der Waals surface area contributed by atoms with Gasteiger partial charge in [0.1, 0.15) is 11.4 Å². The molecule has 0 heterocycles. The van der Waals surface area contributed by atoms with Gasteiger partial charge < -0.3 is 19.5 Å². The summed E-state index contributed by atoms with van der Waals surface area (Å²) in [5.74, 6) is -0.419. The van der Waals surface area contributed by atoms with Crippen LogP contribution in [0.4, 0.5) is 10.5 Å². The first kappa shape index (κ1) is 22.8. The van der Waals surface area contributed by atoms with E-state index in [1.165, 1.54) is 48.3 Å². The summed E-state index contributed by atoms with van der Waals surface area (Å²) in [5.41, 5.74) is -0.0589. The number of esters is 1. The van der Waals surface area contributed by atoms with E-state index >= 15 is 0 Å². The fraction of sp³-hybridized carbons (Fsp3) is 0.333. The van der Waals surface area contributed by atoms with E-state index in [0.29, 0.717) is 5.56 Å². The number of aliphatic hydroxyl groups excluding tert-OH is 1. The molecular weight excluding hydrogens is 392 g/mol. The van der Waals surface area contributed by atoms with E-state index in [4.69, 9.17) is 9.47 Å². The van der Waals surface area contributed by atoms with Gasteiger partial charge in [-0.2, -0.15) is 0 Å². The van der Waals surface area contributed by atoms with Gasteiger partial charge in [-0.1, -0.05) is 12.1 Å². The van der Waals surface area contributed by atoms with Crippen molar-refractivity contribution >= 4 is 17.7 Å². The number of aliphatic hydroxyl groups is 1. The number of ether oxygens (including phenoxy) is 2. The molecule has 1 atom stereocenters. The van der Waals surface area contributed by atoms with Gasteiger partial charge in [-0.05, 0) is 50.6 Å². The molecule has 1 amide bonds. The van der Waals surface area contributed by atoms with E-state index in [1.54, 1.807) is 32.9 Å². The van der Waals surface area contributed by atoms with Crippen molar-refractivity contribution in [2.75, 3.05) is 13.6 Å². The molecule has 0 aliphatic rings. The molecule has 0 fully saturated rings. The van der Waals surface area contributed by atoms with Gasteiger partial charge in [0, 0.05) is 19.2 Å². The van der Waals surface area contributed by atoms with Crippen molar-refractivity contribution in [1.82, 2.24) is 4.90 Å². The number of hydrogen-bond acceptors (Lipinski definition) is 7. The summed E-state index contributed by atoms with van der Waals surface area (Å²) < 4.78 is 10.5. The van der Waals surface area contributed by atoms with Crippen LogP contribution < -0.4 is 4.74 Å². The summed E-state index contributed by atoms with van der Waals surface area (Å²) in [5, 5.41) is 21.0. The van der Waals surface area contributed by atoms with E-state index in [9.17, 15) is 24.8 Å². The van der Waals surface area contributed by atoms with E-state index in [0.717, 1.165) is 0 Å². The molecule has 9 nitrogen and oxygen atoms in total. The Morgan fingerprint density at radius 1 is 1.10 bits per heavy atom. The molecule has 0 saturated carbocycles. The molecule has 2 aromatic rings. The van der Waals surface area contributed by atoms with E-state index in [2.05, 4.69) is 0 Å². The molecule has 9 heteroatoms. The van der Waals surface area contributed by atoms with Crippen LogP contribution >= 0.6 is 0 Å². The first-order valence-corrected chi connectivity index (χ1v) is 9.15. The number of amides is 1. The summed E-state index contributed by atoms with van der Waals surface area (Å²) in [6, 6.07) is 11.2.